The number of aromatic amines is 1. The molecule has 0 spiro atoms. The summed E-state index contributed by atoms with van der Waals surface area (Å²) >= 11 is 0. The van der Waals surface area contributed by atoms with Crippen molar-refractivity contribution < 1.29 is 4.79 Å². The van der Waals surface area contributed by atoms with Crippen molar-refractivity contribution >= 4 is 11.6 Å². The van der Waals surface area contributed by atoms with Crippen molar-refractivity contribution in [2.75, 3.05) is 12.3 Å². The fourth-order valence-electron chi connectivity index (χ4n) is 2.12. The average Bonchev–Trinajstić information content (AvgIpc) is 3.14. The van der Waals surface area contributed by atoms with Gasteiger partial charge in [-0.1, -0.05) is 26.7 Å². The van der Waals surface area contributed by atoms with Crippen LogP contribution in [0.2, 0.25) is 0 Å². The fraction of sp³-hybridized carbons (Fsp3) is 0.692. The molecule has 0 bridgehead atoms. The normalized spacial score (nSPS) is 15.1. The molecule has 5 nitrogen and oxygen atoms in total. The second-order valence-electron chi connectivity index (χ2n) is 5.07. The van der Waals surface area contributed by atoms with Gasteiger partial charge in [-0.05, 0) is 18.8 Å². The lowest BCUT2D eigenvalue weighted by atomic mass is 10.0. The fourth-order valence-corrected chi connectivity index (χ4v) is 2.12. The molecule has 1 aliphatic rings. The molecule has 0 saturated heterocycles. The summed E-state index contributed by atoms with van der Waals surface area (Å²) in [6.45, 7) is 4.96. The first-order valence-corrected chi connectivity index (χ1v) is 6.79. The quantitative estimate of drug-likeness (QED) is 0.722. The minimum atomic E-state index is -0.164. The van der Waals surface area contributed by atoms with Gasteiger partial charge >= 0.3 is 0 Å². The Bertz CT molecular complexity index is 419. The Morgan fingerprint density at radius 3 is 2.72 bits per heavy atom. The molecule has 2 rings (SSSR count). The summed E-state index contributed by atoms with van der Waals surface area (Å²) in [5.74, 6) is 0.845. The molecular weight excluding hydrogens is 228 g/mol. The van der Waals surface area contributed by atoms with E-state index in [0.717, 1.165) is 31.4 Å². The third-order valence-corrected chi connectivity index (χ3v) is 3.74. The number of nitrogen functional groups attached to an aromatic ring is 1. The van der Waals surface area contributed by atoms with Crippen LogP contribution in [-0.4, -0.2) is 22.6 Å². The van der Waals surface area contributed by atoms with E-state index in [1.54, 1.807) is 0 Å². The molecular formula is C13H22N4O. The van der Waals surface area contributed by atoms with E-state index in [2.05, 4.69) is 29.4 Å². The summed E-state index contributed by atoms with van der Waals surface area (Å²) in [6, 6.07) is 0. The van der Waals surface area contributed by atoms with Gasteiger partial charge in [0.05, 0.1) is 11.4 Å². The van der Waals surface area contributed by atoms with Crippen molar-refractivity contribution in [2.45, 2.75) is 45.4 Å². The molecule has 0 unspecified atom stereocenters. The number of nitrogens with one attached hydrogen (secondary N) is 2. The van der Waals surface area contributed by atoms with Crippen molar-refractivity contribution in [3.05, 3.63) is 11.4 Å². The number of nitrogens with zero attached hydrogens (tertiary/aromatic N) is 1. The predicted octanol–water partition coefficient (Wildman–Crippen LogP) is 2.04. The molecule has 1 aliphatic carbocycles. The largest absolute Gasteiger partial charge is 0.395 e. The minimum absolute atomic E-state index is 0.164. The van der Waals surface area contributed by atoms with Crippen molar-refractivity contribution in [2.24, 2.45) is 5.92 Å². The van der Waals surface area contributed by atoms with Crippen LogP contribution in [0.25, 0.3) is 0 Å². The molecule has 100 valence electrons. The summed E-state index contributed by atoms with van der Waals surface area (Å²) in [5, 5.41) is 9.85. The molecule has 1 saturated carbocycles. The lowest BCUT2D eigenvalue weighted by Crippen LogP contribution is -2.29. The van der Waals surface area contributed by atoms with Gasteiger partial charge in [0, 0.05) is 12.5 Å². The van der Waals surface area contributed by atoms with Crippen LogP contribution in [0.5, 0.6) is 0 Å². The first-order chi connectivity index (χ1) is 8.67. The van der Waals surface area contributed by atoms with Crippen molar-refractivity contribution in [3.63, 3.8) is 0 Å². The van der Waals surface area contributed by atoms with Gasteiger partial charge < -0.3 is 11.1 Å². The van der Waals surface area contributed by atoms with Crippen LogP contribution in [-0.2, 0) is 0 Å². The second-order valence-corrected chi connectivity index (χ2v) is 5.07. The summed E-state index contributed by atoms with van der Waals surface area (Å²) < 4.78 is 0. The molecule has 5 heteroatoms. The first-order valence-electron chi connectivity index (χ1n) is 6.79. The van der Waals surface area contributed by atoms with Crippen LogP contribution < -0.4 is 11.1 Å². The zero-order chi connectivity index (χ0) is 13.1. The Kier molecular flexibility index (Phi) is 3.89. The first kappa shape index (κ1) is 12.9. The minimum Gasteiger partial charge on any atom is -0.395 e. The highest BCUT2D eigenvalue weighted by Crippen LogP contribution is 2.42. The van der Waals surface area contributed by atoms with Crippen LogP contribution >= 0.6 is 0 Å². The van der Waals surface area contributed by atoms with Crippen LogP contribution in [0.15, 0.2) is 0 Å². The molecule has 0 aromatic carbocycles. The van der Waals surface area contributed by atoms with E-state index in [1.807, 2.05) is 0 Å². The molecule has 0 radical (unpaired) electrons. The summed E-state index contributed by atoms with van der Waals surface area (Å²) in [5.41, 5.74) is 7.77. The van der Waals surface area contributed by atoms with Crippen molar-refractivity contribution in [1.82, 2.24) is 15.5 Å². The molecule has 0 atom stereocenters. The maximum absolute atomic E-state index is 12.0. The smallest absolute Gasteiger partial charge is 0.273 e. The Morgan fingerprint density at radius 1 is 1.50 bits per heavy atom. The monoisotopic (exact) mass is 250 g/mol. The van der Waals surface area contributed by atoms with Crippen LogP contribution in [0.4, 0.5) is 5.69 Å². The van der Waals surface area contributed by atoms with E-state index in [-0.39, 0.29) is 5.91 Å². The molecule has 1 amide bonds. The molecule has 1 aromatic rings. The van der Waals surface area contributed by atoms with Gasteiger partial charge in [-0.2, -0.15) is 5.10 Å². The number of aromatic nitrogens is 2. The molecule has 1 heterocycles. The van der Waals surface area contributed by atoms with Gasteiger partial charge in [0.1, 0.15) is 0 Å². The number of anilines is 1. The summed E-state index contributed by atoms with van der Waals surface area (Å²) in [7, 11) is 0. The standard InChI is InChI=1S/C13H22N4O/c1-3-8(4-2)7-15-13(18)12-10(14)11(16-17-12)9-5-6-9/h8-9H,3-7,14H2,1-2H3,(H,15,18)(H,16,17). The SMILES string of the molecule is CCC(CC)CNC(=O)c1n[nH]c(C2CC2)c1N. The summed E-state index contributed by atoms with van der Waals surface area (Å²) in [4.78, 5) is 12.0. The van der Waals surface area contributed by atoms with E-state index >= 15 is 0 Å². The number of nitrogens with two attached hydrogens (primary N) is 1. The number of amides is 1. The Balaban J connectivity index is 1.96. The number of H-pyrrole nitrogens is 1. The molecule has 18 heavy (non-hydrogen) atoms. The predicted molar refractivity (Wildman–Crippen MR) is 71.4 cm³/mol. The molecule has 1 fully saturated rings. The van der Waals surface area contributed by atoms with Crippen molar-refractivity contribution in [3.8, 4) is 0 Å². The number of carbonyl (C=O) groups excluding carboxylic acids is 1. The van der Waals surface area contributed by atoms with Crippen molar-refractivity contribution in [1.29, 1.82) is 0 Å². The zero-order valence-corrected chi connectivity index (χ0v) is 11.1. The van der Waals surface area contributed by atoms with Gasteiger partial charge in [-0.15, -0.1) is 0 Å². The van der Waals surface area contributed by atoms with Gasteiger partial charge in [0.15, 0.2) is 5.69 Å². The Morgan fingerprint density at radius 2 is 2.17 bits per heavy atom. The highest BCUT2D eigenvalue weighted by Gasteiger charge is 2.30. The number of hydrogen-bond donors (Lipinski definition) is 3. The van der Waals surface area contributed by atoms with E-state index < -0.39 is 0 Å². The second kappa shape index (κ2) is 5.42. The maximum atomic E-state index is 12.0. The number of rotatable bonds is 6. The van der Waals surface area contributed by atoms with Crippen LogP contribution in [0.3, 0.4) is 0 Å². The van der Waals surface area contributed by atoms with Crippen LogP contribution in [0, 0.1) is 5.92 Å². The van der Waals surface area contributed by atoms with Gasteiger partial charge in [0.2, 0.25) is 0 Å². The molecule has 1 aromatic heterocycles. The van der Waals surface area contributed by atoms with E-state index in [9.17, 15) is 4.79 Å². The maximum Gasteiger partial charge on any atom is 0.273 e. The highest BCUT2D eigenvalue weighted by atomic mass is 16.1. The third kappa shape index (κ3) is 2.66. The Labute approximate surface area is 108 Å². The molecule has 4 N–H and O–H groups in total. The zero-order valence-electron chi connectivity index (χ0n) is 11.1. The lowest BCUT2D eigenvalue weighted by Gasteiger charge is -2.12. The lowest BCUT2D eigenvalue weighted by molar-refractivity contribution is 0.0942. The van der Waals surface area contributed by atoms with E-state index in [1.165, 1.54) is 0 Å². The third-order valence-electron chi connectivity index (χ3n) is 3.74. The Hall–Kier alpha value is -1.52. The van der Waals surface area contributed by atoms with E-state index in [0.29, 0.717) is 29.8 Å². The number of hydrogen-bond acceptors (Lipinski definition) is 3. The van der Waals surface area contributed by atoms with Gasteiger partial charge in [-0.3, -0.25) is 9.89 Å². The van der Waals surface area contributed by atoms with Gasteiger partial charge in [0.25, 0.3) is 5.91 Å². The topological polar surface area (TPSA) is 83.8 Å². The highest BCUT2D eigenvalue weighted by molar-refractivity contribution is 5.97. The average molecular weight is 250 g/mol. The number of carbonyl (C=O) groups is 1. The molecule has 0 aliphatic heterocycles. The summed E-state index contributed by atoms with van der Waals surface area (Å²) in [6.07, 6.45) is 4.42. The van der Waals surface area contributed by atoms with Crippen LogP contribution in [0.1, 0.15) is 61.6 Å². The van der Waals surface area contributed by atoms with Gasteiger partial charge in [-0.25, -0.2) is 0 Å². The van der Waals surface area contributed by atoms with E-state index in [4.69, 9.17) is 5.73 Å².